The SMILES string of the molecule is Cc1cc(/N=C\N(C)C)c(Cl)cc1NS(=O)(=O)Cc1ccccc1. The van der Waals surface area contributed by atoms with Gasteiger partial charge in [0.1, 0.15) is 0 Å². The monoisotopic (exact) mass is 365 g/mol. The maximum Gasteiger partial charge on any atom is 0.236 e. The zero-order chi connectivity index (χ0) is 17.7. The third-order valence-corrected chi connectivity index (χ3v) is 4.73. The number of sulfonamides is 1. The minimum absolute atomic E-state index is 0.0918. The number of halogens is 1. The first-order valence-electron chi connectivity index (χ1n) is 7.32. The van der Waals surface area contributed by atoms with Gasteiger partial charge in [0.15, 0.2) is 0 Å². The molecule has 2 aromatic carbocycles. The van der Waals surface area contributed by atoms with Crippen LogP contribution in [0.25, 0.3) is 0 Å². The van der Waals surface area contributed by atoms with Crippen LogP contribution in [0.15, 0.2) is 47.5 Å². The lowest BCUT2D eigenvalue weighted by atomic mass is 10.2. The van der Waals surface area contributed by atoms with Gasteiger partial charge >= 0.3 is 0 Å². The van der Waals surface area contributed by atoms with E-state index in [0.29, 0.717) is 16.4 Å². The van der Waals surface area contributed by atoms with Crippen LogP contribution in [0.5, 0.6) is 0 Å². The van der Waals surface area contributed by atoms with E-state index in [0.717, 1.165) is 11.1 Å². The van der Waals surface area contributed by atoms with Gasteiger partial charge in [-0.1, -0.05) is 41.9 Å². The molecule has 5 nitrogen and oxygen atoms in total. The third-order valence-electron chi connectivity index (χ3n) is 3.19. The number of nitrogens with zero attached hydrogens (tertiary/aromatic N) is 2. The van der Waals surface area contributed by atoms with Gasteiger partial charge in [0.05, 0.1) is 28.5 Å². The van der Waals surface area contributed by atoms with Crippen molar-refractivity contribution < 1.29 is 8.42 Å². The number of rotatable bonds is 6. The second kappa shape index (κ2) is 7.68. The van der Waals surface area contributed by atoms with E-state index in [1.165, 1.54) is 0 Å². The molecular weight excluding hydrogens is 346 g/mol. The highest BCUT2D eigenvalue weighted by Crippen LogP contribution is 2.31. The van der Waals surface area contributed by atoms with Crippen LogP contribution in [0.2, 0.25) is 5.02 Å². The Labute approximate surface area is 148 Å². The maximum atomic E-state index is 12.3. The van der Waals surface area contributed by atoms with Gasteiger partial charge in [0, 0.05) is 14.1 Å². The van der Waals surface area contributed by atoms with E-state index in [-0.39, 0.29) is 5.75 Å². The molecule has 7 heteroatoms. The molecule has 0 atom stereocenters. The predicted octanol–water partition coefficient (Wildman–Crippen LogP) is 3.81. The van der Waals surface area contributed by atoms with Crippen molar-refractivity contribution >= 4 is 39.3 Å². The fourth-order valence-corrected chi connectivity index (χ4v) is 3.52. The summed E-state index contributed by atoms with van der Waals surface area (Å²) in [6.07, 6.45) is 1.64. The summed E-state index contributed by atoms with van der Waals surface area (Å²) in [6, 6.07) is 12.4. The molecule has 0 heterocycles. The molecule has 0 radical (unpaired) electrons. The Morgan fingerprint density at radius 3 is 2.50 bits per heavy atom. The molecule has 0 unspecified atom stereocenters. The van der Waals surface area contributed by atoms with Gasteiger partial charge in [-0.3, -0.25) is 4.72 Å². The number of aryl methyl sites for hydroxylation is 1. The molecule has 24 heavy (non-hydrogen) atoms. The summed E-state index contributed by atoms with van der Waals surface area (Å²) in [5, 5.41) is 0.385. The van der Waals surface area contributed by atoms with Gasteiger partial charge in [-0.2, -0.15) is 0 Å². The Kier molecular flexibility index (Phi) is 5.85. The molecule has 2 aromatic rings. The molecule has 0 aliphatic rings. The van der Waals surface area contributed by atoms with Crippen molar-refractivity contribution in [2.24, 2.45) is 4.99 Å². The van der Waals surface area contributed by atoms with Crippen LogP contribution in [-0.2, 0) is 15.8 Å². The summed E-state index contributed by atoms with van der Waals surface area (Å²) in [7, 11) is 0.194. The van der Waals surface area contributed by atoms with Crippen LogP contribution in [0.1, 0.15) is 11.1 Å². The largest absolute Gasteiger partial charge is 0.369 e. The highest BCUT2D eigenvalue weighted by atomic mass is 35.5. The summed E-state index contributed by atoms with van der Waals surface area (Å²) in [4.78, 5) is 6.06. The summed E-state index contributed by atoms with van der Waals surface area (Å²) < 4.78 is 27.3. The van der Waals surface area contributed by atoms with E-state index in [1.54, 1.807) is 35.5 Å². The molecule has 0 aliphatic heterocycles. The number of aliphatic imine (C=N–C) groups is 1. The normalized spacial score (nSPS) is 11.7. The number of nitrogens with one attached hydrogen (secondary N) is 1. The third kappa shape index (κ3) is 5.25. The molecule has 0 bridgehead atoms. The lowest BCUT2D eigenvalue weighted by molar-refractivity contribution is 0.600. The molecule has 2 rings (SSSR count). The van der Waals surface area contributed by atoms with Crippen molar-refractivity contribution in [2.75, 3.05) is 18.8 Å². The van der Waals surface area contributed by atoms with Crippen LogP contribution in [-0.4, -0.2) is 33.8 Å². The average Bonchev–Trinajstić information content (AvgIpc) is 2.49. The van der Waals surface area contributed by atoms with Crippen LogP contribution in [0.3, 0.4) is 0 Å². The maximum absolute atomic E-state index is 12.3. The van der Waals surface area contributed by atoms with Gasteiger partial charge < -0.3 is 4.90 Å². The Bertz CT molecular complexity index is 834. The standard InChI is InChI=1S/C17H20ClN3O2S/c1-13-9-17(19-12-21(2)3)15(18)10-16(13)20-24(22,23)11-14-7-5-4-6-8-14/h4-10,12,20H,11H2,1-3H3/b19-12-. The smallest absolute Gasteiger partial charge is 0.236 e. The fraction of sp³-hybridized carbons (Fsp3) is 0.235. The first kappa shape index (κ1) is 18.3. The molecular formula is C17H20ClN3O2S. The Morgan fingerprint density at radius 1 is 1.21 bits per heavy atom. The Hall–Kier alpha value is -2.05. The van der Waals surface area contributed by atoms with Crippen molar-refractivity contribution in [1.82, 2.24) is 4.90 Å². The summed E-state index contributed by atoms with van der Waals surface area (Å²) in [5.74, 6) is -0.0918. The van der Waals surface area contributed by atoms with Crippen LogP contribution < -0.4 is 4.72 Å². The number of benzene rings is 2. The van der Waals surface area contributed by atoms with Gasteiger partial charge in [-0.05, 0) is 30.2 Å². The van der Waals surface area contributed by atoms with Gasteiger partial charge in [-0.15, -0.1) is 0 Å². The van der Waals surface area contributed by atoms with E-state index in [1.807, 2.05) is 39.2 Å². The summed E-state index contributed by atoms with van der Waals surface area (Å²) in [6.45, 7) is 1.81. The number of anilines is 1. The molecule has 0 aromatic heterocycles. The van der Waals surface area contributed by atoms with Crippen molar-refractivity contribution in [3.05, 3.63) is 58.6 Å². The quantitative estimate of drug-likeness (QED) is 0.625. The van der Waals surface area contributed by atoms with E-state index in [9.17, 15) is 8.42 Å². The zero-order valence-corrected chi connectivity index (χ0v) is 15.4. The molecule has 0 amide bonds. The second-order valence-electron chi connectivity index (χ2n) is 5.67. The summed E-state index contributed by atoms with van der Waals surface area (Å²) in [5.41, 5.74) is 2.52. The van der Waals surface area contributed by atoms with Crippen molar-refractivity contribution in [2.45, 2.75) is 12.7 Å². The molecule has 1 N–H and O–H groups in total. The average molecular weight is 366 g/mol. The van der Waals surface area contributed by atoms with E-state index < -0.39 is 10.0 Å². The molecule has 0 aliphatic carbocycles. The first-order valence-corrected chi connectivity index (χ1v) is 9.35. The zero-order valence-electron chi connectivity index (χ0n) is 13.8. The highest BCUT2D eigenvalue weighted by Gasteiger charge is 2.14. The van der Waals surface area contributed by atoms with Crippen molar-refractivity contribution in [1.29, 1.82) is 0 Å². The van der Waals surface area contributed by atoms with Crippen LogP contribution in [0, 0.1) is 6.92 Å². The molecule has 0 spiro atoms. The highest BCUT2D eigenvalue weighted by molar-refractivity contribution is 7.91. The van der Waals surface area contributed by atoms with E-state index in [2.05, 4.69) is 9.71 Å². The van der Waals surface area contributed by atoms with Crippen molar-refractivity contribution in [3.63, 3.8) is 0 Å². The molecule has 0 fully saturated rings. The number of hydrogen-bond acceptors (Lipinski definition) is 3. The molecule has 128 valence electrons. The van der Waals surface area contributed by atoms with E-state index in [4.69, 9.17) is 11.6 Å². The lowest BCUT2D eigenvalue weighted by Crippen LogP contribution is -2.15. The predicted molar refractivity (Wildman–Crippen MR) is 101 cm³/mol. The minimum Gasteiger partial charge on any atom is -0.369 e. The van der Waals surface area contributed by atoms with E-state index >= 15 is 0 Å². The van der Waals surface area contributed by atoms with Gasteiger partial charge in [-0.25, -0.2) is 13.4 Å². The molecule has 0 saturated carbocycles. The second-order valence-corrected chi connectivity index (χ2v) is 7.80. The lowest BCUT2D eigenvalue weighted by Gasteiger charge is -2.12. The number of hydrogen-bond donors (Lipinski definition) is 1. The summed E-state index contributed by atoms with van der Waals surface area (Å²) >= 11 is 6.21. The minimum atomic E-state index is -3.52. The van der Waals surface area contributed by atoms with Crippen LogP contribution >= 0.6 is 11.6 Å². The fourth-order valence-electron chi connectivity index (χ4n) is 2.05. The topological polar surface area (TPSA) is 61.8 Å². The van der Waals surface area contributed by atoms with Crippen LogP contribution in [0.4, 0.5) is 11.4 Å². The Morgan fingerprint density at radius 2 is 1.88 bits per heavy atom. The molecule has 0 saturated heterocycles. The van der Waals surface area contributed by atoms with Gasteiger partial charge in [0.2, 0.25) is 10.0 Å². The first-order chi connectivity index (χ1) is 11.3. The van der Waals surface area contributed by atoms with Crippen molar-refractivity contribution in [3.8, 4) is 0 Å². The van der Waals surface area contributed by atoms with Gasteiger partial charge in [0.25, 0.3) is 0 Å². The Balaban J connectivity index is 2.22.